The number of anilines is 2. The number of carbonyl (C=O) groups excluding carboxylic acids is 2. The quantitative estimate of drug-likeness (QED) is 0.553. The highest BCUT2D eigenvalue weighted by Gasteiger charge is 2.12. The van der Waals surface area contributed by atoms with Gasteiger partial charge in [0.1, 0.15) is 0 Å². The Morgan fingerprint density at radius 3 is 2.54 bits per heavy atom. The molecule has 7 heteroatoms. The number of hydrogen-bond donors (Lipinski definition) is 2. The van der Waals surface area contributed by atoms with Gasteiger partial charge in [0.05, 0.1) is 11.4 Å². The highest BCUT2D eigenvalue weighted by atomic mass is 32.2. The zero-order chi connectivity index (χ0) is 20.1. The van der Waals surface area contributed by atoms with Crippen molar-refractivity contribution in [1.29, 1.82) is 0 Å². The first-order valence-electron chi connectivity index (χ1n) is 8.75. The fraction of sp³-hybridized carbons (Fsp3) is 0.190. The minimum absolute atomic E-state index is 0.112. The second kappa shape index (κ2) is 9.03. The maximum absolute atomic E-state index is 12.3. The van der Waals surface area contributed by atoms with E-state index in [0.717, 1.165) is 26.7 Å². The molecule has 1 heterocycles. The first kappa shape index (κ1) is 20.1. The predicted molar refractivity (Wildman–Crippen MR) is 117 cm³/mol. The highest BCUT2D eigenvalue weighted by Crippen LogP contribution is 2.31. The van der Waals surface area contributed by atoms with Gasteiger partial charge in [0, 0.05) is 27.9 Å². The van der Waals surface area contributed by atoms with Crippen molar-refractivity contribution >= 4 is 45.7 Å². The zero-order valence-corrected chi connectivity index (χ0v) is 17.5. The minimum Gasteiger partial charge on any atom is -0.326 e. The van der Waals surface area contributed by atoms with Gasteiger partial charge in [0.15, 0.2) is 5.13 Å². The van der Waals surface area contributed by atoms with E-state index < -0.39 is 0 Å². The van der Waals surface area contributed by atoms with Crippen LogP contribution in [0, 0.1) is 13.8 Å². The molecule has 0 spiro atoms. The molecule has 1 aromatic heterocycles. The van der Waals surface area contributed by atoms with Crippen molar-refractivity contribution in [2.45, 2.75) is 25.7 Å². The summed E-state index contributed by atoms with van der Waals surface area (Å²) in [6, 6.07) is 15.6. The summed E-state index contributed by atoms with van der Waals surface area (Å²) in [4.78, 5) is 30.0. The van der Waals surface area contributed by atoms with Crippen molar-refractivity contribution in [2.75, 3.05) is 16.4 Å². The van der Waals surface area contributed by atoms with E-state index in [1.54, 1.807) is 0 Å². The molecule has 144 valence electrons. The number of thiazole rings is 1. The topological polar surface area (TPSA) is 71.1 Å². The third-order valence-corrected chi connectivity index (χ3v) is 5.77. The number of nitrogens with one attached hydrogen (secondary N) is 2. The molecule has 0 atom stereocenters. The number of carbonyl (C=O) groups is 2. The lowest BCUT2D eigenvalue weighted by atomic mass is 10.1. The van der Waals surface area contributed by atoms with E-state index in [1.807, 2.05) is 50.2 Å². The lowest BCUT2D eigenvalue weighted by molar-refractivity contribution is -0.114. The number of rotatable bonds is 6. The number of aryl methyl sites for hydroxylation is 2. The molecule has 0 aliphatic carbocycles. The van der Waals surface area contributed by atoms with Gasteiger partial charge in [0.2, 0.25) is 11.8 Å². The number of benzene rings is 2. The van der Waals surface area contributed by atoms with Gasteiger partial charge in [-0.05, 0) is 32.0 Å². The predicted octanol–water partition coefficient (Wildman–Crippen LogP) is 5.12. The van der Waals surface area contributed by atoms with Gasteiger partial charge in [-0.15, -0.1) is 23.1 Å². The van der Waals surface area contributed by atoms with Gasteiger partial charge in [-0.1, -0.05) is 35.9 Å². The monoisotopic (exact) mass is 411 g/mol. The second-order valence-corrected chi connectivity index (χ2v) is 8.59. The van der Waals surface area contributed by atoms with Crippen LogP contribution in [0.25, 0.3) is 11.3 Å². The summed E-state index contributed by atoms with van der Waals surface area (Å²) in [6.45, 7) is 5.52. The molecule has 0 aliphatic heterocycles. The van der Waals surface area contributed by atoms with Crippen LogP contribution >= 0.6 is 23.1 Å². The molecule has 0 bridgehead atoms. The molecule has 0 fully saturated rings. The molecule has 0 saturated heterocycles. The number of amides is 2. The van der Waals surface area contributed by atoms with Crippen LogP contribution in [-0.2, 0) is 9.59 Å². The SMILES string of the molecule is CC(=O)Nc1cccc(SCC(=O)Nc2nc(-c3ccc(C)cc3)c(C)s2)c1. The Morgan fingerprint density at radius 1 is 1.07 bits per heavy atom. The summed E-state index contributed by atoms with van der Waals surface area (Å²) in [5.41, 5.74) is 3.86. The van der Waals surface area contributed by atoms with Crippen LogP contribution in [0.4, 0.5) is 10.8 Å². The number of thioether (sulfide) groups is 1. The van der Waals surface area contributed by atoms with Crippen LogP contribution in [0.2, 0.25) is 0 Å². The fourth-order valence-electron chi connectivity index (χ4n) is 2.60. The lowest BCUT2D eigenvalue weighted by Crippen LogP contribution is -2.13. The van der Waals surface area contributed by atoms with E-state index in [9.17, 15) is 9.59 Å². The third-order valence-electron chi connectivity index (χ3n) is 3.89. The van der Waals surface area contributed by atoms with Crippen molar-refractivity contribution in [3.63, 3.8) is 0 Å². The molecular formula is C21H21N3O2S2. The van der Waals surface area contributed by atoms with Crippen molar-refractivity contribution in [1.82, 2.24) is 4.98 Å². The normalized spacial score (nSPS) is 10.5. The summed E-state index contributed by atoms with van der Waals surface area (Å²) in [7, 11) is 0. The van der Waals surface area contributed by atoms with Crippen LogP contribution in [-0.4, -0.2) is 22.6 Å². The van der Waals surface area contributed by atoms with E-state index >= 15 is 0 Å². The van der Waals surface area contributed by atoms with Crippen molar-refractivity contribution in [3.05, 3.63) is 59.0 Å². The number of nitrogens with zero attached hydrogens (tertiary/aromatic N) is 1. The standard InChI is InChI=1S/C21H21N3O2S2/c1-13-7-9-16(10-8-13)20-14(2)28-21(24-20)23-19(26)12-27-18-6-4-5-17(11-18)22-15(3)25/h4-11H,12H2,1-3H3,(H,22,25)(H,23,24,26). The van der Waals surface area contributed by atoms with Crippen LogP contribution in [0.5, 0.6) is 0 Å². The molecular weight excluding hydrogens is 390 g/mol. The van der Waals surface area contributed by atoms with Gasteiger partial charge >= 0.3 is 0 Å². The van der Waals surface area contributed by atoms with E-state index in [1.165, 1.54) is 35.6 Å². The van der Waals surface area contributed by atoms with Gasteiger partial charge in [0.25, 0.3) is 0 Å². The smallest absolute Gasteiger partial charge is 0.236 e. The molecule has 0 radical (unpaired) electrons. The summed E-state index contributed by atoms with van der Waals surface area (Å²) in [6.07, 6.45) is 0. The fourth-order valence-corrected chi connectivity index (χ4v) is 4.21. The van der Waals surface area contributed by atoms with E-state index in [4.69, 9.17) is 0 Å². The Morgan fingerprint density at radius 2 is 1.82 bits per heavy atom. The zero-order valence-electron chi connectivity index (χ0n) is 15.9. The van der Waals surface area contributed by atoms with Crippen LogP contribution in [0.15, 0.2) is 53.4 Å². The summed E-state index contributed by atoms with van der Waals surface area (Å²) >= 11 is 2.88. The summed E-state index contributed by atoms with van der Waals surface area (Å²) in [5.74, 6) is 0.0321. The summed E-state index contributed by atoms with van der Waals surface area (Å²) < 4.78 is 0. The van der Waals surface area contributed by atoms with Crippen LogP contribution in [0.3, 0.4) is 0 Å². The molecule has 0 saturated carbocycles. The van der Waals surface area contributed by atoms with Gasteiger partial charge in [-0.3, -0.25) is 9.59 Å². The molecule has 2 N–H and O–H groups in total. The van der Waals surface area contributed by atoms with Gasteiger partial charge < -0.3 is 10.6 Å². The van der Waals surface area contributed by atoms with E-state index in [2.05, 4.69) is 27.8 Å². The Bertz CT molecular complexity index is 997. The second-order valence-electron chi connectivity index (χ2n) is 6.34. The van der Waals surface area contributed by atoms with Crippen molar-refractivity contribution < 1.29 is 9.59 Å². The average molecular weight is 412 g/mol. The first-order chi connectivity index (χ1) is 13.4. The Labute approximate surface area is 172 Å². The molecule has 2 aromatic carbocycles. The largest absolute Gasteiger partial charge is 0.326 e. The van der Waals surface area contributed by atoms with Crippen molar-refractivity contribution in [2.24, 2.45) is 0 Å². The minimum atomic E-state index is -0.122. The highest BCUT2D eigenvalue weighted by molar-refractivity contribution is 8.00. The lowest BCUT2D eigenvalue weighted by Gasteiger charge is -2.05. The van der Waals surface area contributed by atoms with E-state index in [0.29, 0.717) is 5.13 Å². The molecule has 3 rings (SSSR count). The maximum atomic E-state index is 12.3. The van der Waals surface area contributed by atoms with Gasteiger partial charge in [-0.25, -0.2) is 4.98 Å². The number of aromatic nitrogens is 1. The Balaban J connectivity index is 1.60. The first-order valence-corrected chi connectivity index (χ1v) is 10.6. The molecule has 0 unspecified atom stereocenters. The molecule has 0 aliphatic rings. The van der Waals surface area contributed by atoms with Gasteiger partial charge in [-0.2, -0.15) is 0 Å². The molecule has 28 heavy (non-hydrogen) atoms. The van der Waals surface area contributed by atoms with Crippen LogP contribution < -0.4 is 10.6 Å². The van der Waals surface area contributed by atoms with Crippen LogP contribution in [0.1, 0.15) is 17.4 Å². The molecule has 5 nitrogen and oxygen atoms in total. The maximum Gasteiger partial charge on any atom is 0.236 e. The number of hydrogen-bond acceptors (Lipinski definition) is 5. The van der Waals surface area contributed by atoms with Crippen molar-refractivity contribution in [3.8, 4) is 11.3 Å². The summed E-state index contributed by atoms with van der Waals surface area (Å²) in [5, 5.41) is 6.22. The average Bonchev–Trinajstić information content (AvgIpc) is 3.00. The van der Waals surface area contributed by atoms with E-state index in [-0.39, 0.29) is 17.6 Å². The Kier molecular flexibility index (Phi) is 6.49. The molecule has 3 aromatic rings. The molecule has 2 amide bonds. The Hall–Kier alpha value is -2.64. The third kappa shape index (κ3) is 5.43.